The second-order valence-electron chi connectivity index (χ2n) is 3.94. The van der Waals surface area contributed by atoms with Crippen LogP contribution in [0.1, 0.15) is 10.4 Å². The predicted octanol–water partition coefficient (Wildman–Crippen LogP) is -0.443. The van der Waals surface area contributed by atoms with Crippen LogP contribution in [0.15, 0.2) is 29.2 Å². The molecule has 1 amide bonds. The van der Waals surface area contributed by atoms with Gasteiger partial charge in [0, 0.05) is 26.2 Å². The van der Waals surface area contributed by atoms with Crippen molar-refractivity contribution < 1.29 is 18.0 Å². The Hall–Kier alpha value is -1.48. The van der Waals surface area contributed by atoms with E-state index in [0.717, 1.165) is 4.31 Å². The average molecular weight is 287 g/mol. The maximum Gasteiger partial charge on any atom is 0.251 e. The average Bonchev–Trinajstić information content (AvgIpc) is 2.39. The number of hydrogen-bond acceptors (Lipinski definition) is 5. The molecule has 0 aromatic heterocycles. The first-order valence-corrected chi connectivity index (χ1v) is 6.96. The van der Waals surface area contributed by atoms with Crippen molar-refractivity contribution in [1.82, 2.24) is 9.62 Å². The molecule has 0 heterocycles. The van der Waals surface area contributed by atoms with E-state index < -0.39 is 10.0 Å². The lowest BCUT2D eigenvalue weighted by Gasteiger charge is -2.11. The number of hydrogen-bond donors (Lipinski definition) is 2. The van der Waals surface area contributed by atoms with Crippen LogP contribution in [0.3, 0.4) is 0 Å². The third kappa shape index (κ3) is 4.00. The second-order valence-corrected chi connectivity index (χ2v) is 6.09. The summed E-state index contributed by atoms with van der Waals surface area (Å²) in [6, 6.07) is 5.69. The normalized spacial score (nSPS) is 11.6. The topological polar surface area (TPSA) is 102 Å². The predicted molar refractivity (Wildman–Crippen MR) is 69.8 cm³/mol. The van der Waals surface area contributed by atoms with Crippen molar-refractivity contribution in [3.8, 4) is 0 Å². The summed E-state index contributed by atoms with van der Waals surface area (Å²) in [4.78, 5) is 16.1. The van der Waals surface area contributed by atoms with Gasteiger partial charge in [0.15, 0.2) is 0 Å². The zero-order chi connectivity index (χ0) is 14.5. The molecule has 3 N–H and O–H groups in total. The first-order chi connectivity index (χ1) is 8.89. The number of benzene rings is 1. The molecular weight excluding hydrogens is 270 g/mol. The summed E-state index contributed by atoms with van der Waals surface area (Å²) < 4.78 is 24.7. The van der Waals surface area contributed by atoms with Gasteiger partial charge in [-0.2, -0.15) is 0 Å². The van der Waals surface area contributed by atoms with Crippen molar-refractivity contribution in [2.75, 3.05) is 27.2 Å². The minimum atomic E-state index is -3.48. The maximum atomic E-state index is 11.8. The molecule has 0 bridgehead atoms. The highest BCUT2D eigenvalue weighted by molar-refractivity contribution is 7.89. The summed E-state index contributed by atoms with van der Waals surface area (Å²) in [7, 11) is -0.581. The number of nitrogens with one attached hydrogen (secondary N) is 1. The lowest BCUT2D eigenvalue weighted by atomic mass is 10.2. The van der Waals surface area contributed by atoms with Gasteiger partial charge in [-0.3, -0.25) is 4.79 Å². The Kier molecular flexibility index (Phi) is 5.43. The summed E-state index contributed by atoms with van der Waals surface area (Å²) in [5.41, 5.74) is 0.370. The fourth-order valence-electron chi connectivity index (χ4n) is 1.31. The molecule has 0 atom stereocenters. The van der Waals surface area contributed by atoms with Crippen LogP contribution in [-0.4, -0.2) is 45.9 Å². The van der Waals surface area contributed by atoms with Crippen LogP contribution in [0.5, 0.6) is 0 Å². The molecule has 106 valence electrons. The minimum absolute atomic E-state index is 0.138. The molecule has 0 aliphatic rings. The maximum absolute atomic E-state index is 11.8. The van der Waals surface area contributed by atoms with Gasteiger partial charge in [0.2, 0.25) is 10.0 Å². The van der Waals surface area contributed by atoms with Crippen molar-refractivity contribution in [3.63, 3.8) is 0 Å². The zero-order valence-corrected chi connectivity index (χ0v) is 11.6. The molecule has 0 aliphatic heterocycles. The van der Waals surface area contributed by atoms with E-state index in [0.29, 0.717) is 5.56 Å². The number of carbonyl (C=O) groups excluding carboxylic acids is 1. The highest BCUT2D eigenvalue weighted by Crippen LogP contribution is 2.13. The van der Waals surface area contributed by atoms with Crippen LogP contribution in [0.2, 0.25) is 0 Å². The lowest BCUT2D eigenvalue weighted by Crippen LogP contribution is -2.28. The van der Waals surface area contributed by atoms with Gasteiger partial charge >= 0.3 is 0 Å². The third-order valence-corrected chi connectivity index (χ3v) is 4.23. The third-order valence-electron chi connectivity index (χ3n) is 2.40. The van der Waals surface area contributed by atoms with Gasteiger partial charge in [-0.05, 0) is 24.3 Å². The molecule has 0 saturated carbocycles. The van der Waals surface area contributed by atoms with Gasteiger partial charge in [0.05, 0.1) is 11.5 Å². The van der Waals surface area contributed by atoms with Crippen molar-refractivity contribution >= 4 is 15.9 Å². The molecule has 1 aromatic carbocycles. The molecule has 1 aromatic rings. The summed E-state index contributed by atoms with van der Waals surface area (Å²) in [6.45, 7) is 0.492. The van der Waals surface area contributed by atoms with E-state index in [1.807, 2.05) is 0 Å². The van der Waals surface area contributed by atoms with Gasteiger partial charge in [0.25, 0.3) is 5.91 Å². The van der Waals surface area contributed by atoms with E-state index in [1.54, 1.807) is 0 Å². The number of rotatable bonds is 6. The first kappa shape index (κ1) is 15.6. The molecule has 0 radical (unpaired) electrons. The summed E-state index contributed by atoms with van der Waals surface area (Å²) in [6.07, 6.45) is 0. The van der Waals surface area contributed by atoms with Crippen LogP contribution in [-0.2, 0) is 14.9 Å². The summed E-state index contributed by atoms with van der Waals surface area (Å²) >= 11 is 0. The van der Waals surface area contributed by atoms with Crippen LogP contribution in [0.25, 0.3) is 0 Å². The quantitative estimate of drug-likeness (QED) is 0.545. The van der Waals surface area contributed by atoms with E-state index >= 15 is 0 Å². The number of carbonyl (C=O) groups is 1. The van der Waals surface area contributed by atoms with Gasteiger partial charge in [-0.15, -0.1) is 0 Å². The highest BCUT2D eigenvalue weighted by atomic mass is 32.2. The largest absolute Gasteiger partial charge is 0.350 e. The van der Waals surface area contributed by atoms with Gasteiger partial charge in [-0.25, -0.2) is 18.6 Å². The molecule has 0 unspecified atom stereocenters. The van der Waals surface area contributed by atoms with Crippen LogP contribution >= 0.6 is 0 Å². The Morgan fingerprint density at radius 1 is 1.32 bits per heavy atom. The zero-order valence-electron chi connectivity index (χ0n) is 10.8. The molecule has 0 saturated heterocycles. The van der Waals surface area contributed by atoms with Crippen LogP contribution < -0.4 is 11.2 Å². The van der Waals surface area contributed by atoms with Crippen LogP contribution in [0, 0.1) is 0 Å². The monoisotopic (exact) mass is 287 g/mol. The smallest absolute Gasteiger partial charge is 0.251 e. The van der Waals surface area contributed by atoms with Gasteiger partial charge in [-0.1, -0.05) is 0 Å². The van der Waals surface area contributed by atoms with E-state index in [-0.39, 0.29) is 24.0 Å². The second kappa shape index (κ2) is 6.62. The molecule has 0 aliphatic carbocycles. The van der Waals surface area contributed by atoms with Gasteiger partial charge in [0.1, 0.15) is 0 Å². The molecule has 0 fully saturated rings. The van der Waals surface area contributed by atoms with Crippen LogP contribution in [0.4, 0.5) is 0 Å². The van der Waals surface area contributed by atoms with E-state index in [9.17, 15) is 13.2 Å². The standard InChI is InChI=1S/C11H17N3O4S/c1-14(2)19(16,17)10-5-3-9(4-6-10)11(15)13-7-8-18-12/h3-6H,7-8,12H2,1-2H3,(H,13,15). The SMILES string of the molecule is CN(C)S(=O)(=O)c1ccc(C(=O)NCCON)cc1. The first-order valence-electron chi connectivity index (χ1n) is 5.52. The van der Waals surface area contributed by atoms with Gasteiger partial charge < -0.3 is 10.2 Å². The Balaban J connectivity index is 2.80. The number of nitrogens with zero attached hydrogens (tertiary/aromatic N) is 1. The number of sulfonamides is 1. The summed E-state index contributed by atoms with van der Waals surface area (Å²) in [5.74, 6) is 4.51. The van der Waals surface area contributed by atoms with Crippen molar-refractivity contribution in [1.29, 1.82) is 0 Å². The van der Waals surface area contributed by atoms with E-state index in [1.165, 1.54) is 38.4 Å². The molecule has 7 nitrogen and oxygen atoms in total. The van der Waals surface area contributed by atoms with E-state index in [2.05, 4.69) is 10.2 Å². The Morgan fingerprint density at radius 3 is 2.37 bits per heavy atom. The lowest BCUT2D eigenvalue weighted by molar-refractivity contribution is 0.0917. The molecule has 19 heavy (non-hydrogen) atoms. The van der Waals surface area contributed by atoms with Crippen molar-refractivity contribution in [2.24, 2.45) is 5.90 Å². The highest BCUT2D eigenvalue weighted by Gasteiger charge is 2.17. The molecule has 8 heteroatoms. The molecule has 1 rings (SSSR count). The van der Waals surface area contributed by atoms with E-state index in [4.69, 9.17) is 5.90 Å². The van der Waals surface area contributed by atoms with Crippen molar-refractivity contribution in [2.45, 2.75) is 4.90 Å². The van der Waals surface area contributed by atoms with Crippen molar-refractivity contribution in [3.05, 3.63) is 29.8 Å². The number of nitrogens with two attached hydrogens (primary N) is 1. The Morgan fingerprint density at radius 2 is 1.89 bits per heavy atom. The Labute approximate surface area is 112 Å². The molecule has 0 spiro atoms. The minimum Gasteiger partial charge on any atom is -0.350 e. The summed E-state index contributed by atoms with van der Waals surface area (Å²) in [5, 5.41) is 2.58. The number of amides is 1. The Bertz CT molecular complexity index is 525. The fraction of sp³-hybridized carbons (Fsp3) is 0.364. The molecular formula is C11H17N3O4S. The fourth-order valence-corrected chi connectivity index (χ4v) is 2.22.